The zero-order valence-electron chi connectivity index (χ0n) is 10.4. The molecule has 0 unspecified atom stereocenters. The smallest absolute Gasteiger partial charge is 0.251 e. The van der Waals surface area contributed by atoms with E-state index in [2.05, 4.69) is 5.32 Å². The predicted molar refractivity (Wildman–Crippen MR) is 76.4 cm³/mol. The lowest BCUT2D eigenvalue weighted by Gasteiger charge is -2.26. The fourth-order valence-corrected chi connectivity index (χ4v) is 2.35. The van der Waals surface area contributed by atoms with Crippen LogP contribution in [0.15, 0.2) is 18.2 Å². The van der Waals surface area contributed by atoms with E-state index < -0.39 is 5.82 Å². The lowest BCUT2D eigenvalue weighted by atomic mass is 9.91. The van der Waals surface area contributed by atoms with Gasteiger partial charge in [-0.05, 0) is 43.9 Å². The van der Waals surface area contributed by atoms with Crippen molar-refractivity contribution in [1.29, 1.82) is 0 Å². The first-order chi connectivity index (χ1) is 8.56. The van der Waals surface area contributed by atoms with Crippen LogP contribution in [0.5, 0.6) is 0 Å². The highest BCUT2D eigenvalue weighted by molar-refractivity contribution is 6.31. The number of hydrogen-bond donors (Lipinski definition) is 2. The molecule has 0 aromatic heterocycles. The number of benzene rings is 1. The van der Waals surface area contributed by atoms with Crippen LogP contribution in [0.1, 0.15) is 36.0 Å². The Kier molecular flexibility index (Phi) is 6.04. The molecule has 0 aliphatic heterocycles. The zero-order chi connectivity index (χ0) is 13.1. The molecule has 1 amide bonds. The van der Waals surface area contributed by atoms with Crippen molar-refractivity contribution in [2.24, 2.45) is 5.73 Å². The van der Waals surface area contributed by atoms with Gasteiger partial charge >= 0.3 is 0 Å². The maximum atomic E-state index is 13.0. The van der Waals surface area contributed by atoms with Crippen molar-refractivity contribution in [2.75, 3.05) is 0 Å². The van der Waals surface area contributed by atoms with Gasteiger partial charge in [-0.15, -0.1) is 12.4 Å². The number of carbonyl (C=O) groups is 1. The third-order valence-electron chi connectivity index (χ3n) is 3.29. The number of nitrogens with two attached hydrogens (primary N) is 1. The highest BCUT2D eigenvalue weighted by Gasteiger charge is 2.20. The van der Waals surface area contributed by atoms with Crippen LogP contribution in [0.4, 0.5) is 4.39 Å². The molecule has 0 spiro atoms. The topological polar surface area (TPSA) is 55.1 Å². The van der Waals surface area contributed by atoms with E-state index >= 15 is 0 Å². The van der Waals surface area contributed by atoms with Gasteiger partial charge in [-0.3, -0.25) is 4.79 Å². The SMILES string of the molecule is Cl.NC1CCC(NC(=O)c2ccc(F)c(Cl)c2)CC1. The fourth-order valence-electron chi connectivity index (χ4n) is 2.17. The van der Waals surface area contributed by atoms with Crippen molar-refractivity contribution >= 4 is 29.9 Å². The molecule has 1 aromatic rings. The molecular weight excluding hydrogens is 290 g/mol. The van der Waals surface area contributed by atoms with Crippen LogP contribution in [0.25, 0.3) is 0 Å². The van der Waals surface area contributed by atoms with Crippen LogP contribution < -0.4 is 11.1 Å². The molecule has 1 aliphatic carbocycles. The van der Waals surface area contributed by atoms with E-state index in [4.69, 9.17) is 17.3 Å². The van der Waals surface area contributed by atoms with Gasteiger partial charge in [-0.1, -0.05) is 11.6 Å². The predicted octanol–water partition coefficient (Wildman–Crippen LogP) is 2.90. The summed E-state index contributed by atoms with van der Waals surface area (Å²) in [5.74, 6) is -0.728. The van der Waals surface area contributed by atoms with Gasteiger partial charge in [0.05, 0.1) is 5.02 Å². The summed E-state index contributed by atoms with van der Waals surface area (Å²) in [5.41, 5.74) is 6.19. The van der Waals surface area contributed by atoms with Crippen molar-refractivity contribution < 1.29 is 9.18 Å². The van der Waals surface area contributed by atoms with Gasteiger partial charge in [-0.2, -0.15) is 0 Å². The Morgan fingerprint density at radius 1 is 1.32 bits per heavy atom. The van der Waals surface area contributed by atoms with E-state index in [0.29, 0.717) is 5.56 Å². The Morgan fingerprint density at radius 2 is 1.95 bits per heavy atom. The summed E-state index contributed by atoms with van der Waals surface area (Å²) >= 11 is 5.65. The highest BCUT2D eigenvalue weighted by Crippen LogP contribution is 2.19. The van der Waals surface area contributed by atoms with Crippen LogP contribution in [-0.2, 0) is 0 Å². The normalized spacial score (nSPS) is 22.5. The minimum Gasteiger partial charge on any atom is -0.349 e. The van der Waals surface area contributed by atoms with Crippen LogP contribution >= 0.6 is 24.0 Å². The molecule has 6 heteroatoms. The largest absolute Gasteiger partial charge is 0.349 e. The number of rotatable bonds is 2. The molecular formula is C13H17Cl2FN2O. The molecule has 1 fully saturated rings. The van der Waals surface area contributed by atoms with Crippen LogP contribution in [0.3, 0.4) is 0 Å². The first kappa shape index (κ1) is 16.2. The molecule has 0 bridgehead atoms. The zero-order valence-corrected chi connectivity index (χ0v) is 11.9. The Bertz CT molecular complexity index is 448. The average Bonchev–Trinajstić information content (AvgIpc) is 2.35. The maximum absolute atomic E-state index is 13.0. The summed E-state index contributed by atoms with van der Waals surface area (Å²) < 4.78 is 13.0. The van der Waals surface area contributed by atoms with Crippen molar-refractivity contribution in [2.45, 2.75) is 37.8 Å². The number of amides is 1. The highest BCUT2D eigenvalue weighted by atomic mass is 35.5. The second-order valence-electron chi connectivity index (χ2n) is 4.71. The van der Waals surface area contributed by atoms with E-state index in [1.54, 1.807) is 0 Å². The lowest BCUT2D eigenvalue weighted by molar-refractivity contribution is 0.0926. The van der Waals surface area contributed by atoms with Crippen molar-refractivity contribution in [3.63, 3.8) is 0 Å². The van der Waals surface area contributed by atoms with Crippen molar-refractivity contribution in [1.82, 2.24) is 5.32 Å². The Labute approximate surface area is 123 Å². The van der Waals surface area contributed by atoms with Gasteiger partial charge in [0.2, 0.25) is 0 Å². The summed E-state index contributed by atoms with van der Waals surface area (Å²) in [4.78, 5) is 11.9. The average molecular weight is 307 g/mol. The molecule has 0 atom stereocenters. The van der Waals surface area contributed by atoms with Crippen LogP contribution in [0, 0.1) is 5.82 Å². The van der Waals surface area contributed by atoms with E-state index in [9.17, 15) is 9.18 Å². The fraction of sp³-hybridized carbons (Fsp3) is 0.462. The monoisotopic (exact) mass is 306 g/mol. The van der Waals surface area contributed by atoms with Gasteiger partial charge < -0.3 is 11.1 Å². The minimum absolute atomic E-state index is 0. The third kappa shape index (κ3) is 4.34. The van der Waals surface area contributed by atoms with Crippen LogP contribution in [-0.4, -0.2) is 18.0 Å². The maximum Gasteiger partial charge on any atom is 0.251 e. The molecule has 19 heavy (non-hydrogen) atoms. The third-order valence-corrected chi connectivity index (χ3v) is 3.58. The quantitative estimate of drug-likeness (QED) is 0.882. The summed E-state index contributed by atoms with van der Waals surface area (Å²) in [6.45, 7) is 0. The number of halogens is 3. The van der Waals surface area contributed by atoms with E-state index in [1.807, 2.05) is 0 Å². The first-order valence-electron chi connectivity index (χ1n) is 6.08. The molecule has 2 rings (SSSR count). The van der Waals surface area contributed by atoms with E-state index in [-0.39, 0.29) is 35.4 Å². The Morgan fingerprint density at radius 3 is 2.53 bits per heavy atom. The summed E-state index contributed by atoms with van der Waals surface area (Å²) in [7, 11) is 0. The number of nitrogens with one attached hydrogen (secondary N) is 1. The molecule has 1 saturated carbocycles. The molecule has 0 radical (unpaired) electrons. The Balaban J connectivity index is 0.00000180. The van der Waals surface area contributed by atoms with Gasteiger partial charge in [0, 0.05) is 17.6 Å². The summed E-state index contributed by atoms with van der Waals surface area (Å²) in [5, 5.41) is 2.89. The van der Waals surface area contributed by atoms with Crippen molar-refractivity contribution in [3.05, 3.63) is 34.6 Å². The van der Waals surface area contributed by atoms with E-state index in [0.717, 1.165) is 25.7 Å². The molecule has 3 N–H and O–H groups in total. The van der Waals surface area contributed by atoms with Gasteiger partial charge in [0.15, 0.2) is 0 Å². The number of hydrogen-bond acceptors (Lipinski definition) is 2. The number of carbonyl (C=O) groups excluding carboxylic acids is 1. The standard InChI is InChI=1S/C13H16ClFN2O.ClH/c14-11-7-8(1-6-12(11)15)13(18)17-10-4-2-9(16)3-5-10;/h1,6-7,9-10H,2-5,16H2,(H,17,18);1H. The van der Waals surface area contributed by atoms with Crippen LogP contribution in [0.2, 0.25) is 5.02 Å². The van der Waals surface area contributed by atoms with Gasteiger partial charge in [-0.25, -0.2) is 4.39 Å². The van der Waals surface area contributed by atoms with Gasteiger partial charge in [0.25, 0.3) is 5.91 Å². The van der Waals surface area contributed by atoms with Gasteiger partial charge in [0.1, 0.15) is 5.82 Å². The molecule has 1 aromatic carbocycles. The lowest BCUT2D eigenvalue weighted by Crippen LogP contribution is -2.40. The molecule has 0 saturated heterocycles. The molecule has 1 aliphatic rings. The second kappa shape index (κ2) is 7.08. The minimum atomic E-state index is -0.517. The molecule has 0 heterocycles. The van der Waals surface area contributed by atoms with E-state index in [1.165, 1.54) is 18.2 Å². The summed E-state index contributed by atoms with van der Waals surface area (Å²) in [6, 6.07) is 4.39. The summed E-state index contributed by atoms with van der Waals surface area (Å²) in [6.07, 6.45) is 3.63. The molecule has 106 valence electrons. The Hall–Kier alpha value is -0.840. The van der Waals surface area contributed by atoms with Crippen molar-refractivity contribution in [3.8, 4) is 0 Å². The second-order valence-corrected chi connectivity index (χ2v) is 5.12. The first-order valence-corrected chi connectivity index (χ1v) is 6.45. The molecule has 3 nitrogen and oxygen atoms in total.